The molecule has 0 atom stereocenters. The van der Waals surface area contributed by atoms with E-state index >= 15 is 0 Å². The lowest BCUT2D eigenvalue weighted by Crippen LogP contribution is -2.51. The lowest BCUT2D eigenvalue weighted by atomic mass is 10.2. The zero-order valence-electron chi connectivity index (χ0n) is 18.0. The van der Waals surface area contributed by atoms with E-state index in [-0.39, 0.29) is 0 Å². The van der Waals surface area contributed by atoms with Crippen molar-refractivity contribution in [2.24, 2.45) is 0 Å². The number of methoxy groups -OCH3 is 1. The van der Waals surface area contributed by atoms with Gasteiger partial charge in [-0.3, -0.25) is 0 Å². The number of rotatable bonds is 4. The van der Waals surface area contributed by atoms with Gasteiger partial charge in [0.2, 0.25) is 10.0 Å². The van der Waals surface area contributed by atoms with Crippen LogP contribution < -0.4 is 5.32 Å². The van der Waals surface area contributed by atoms with Crippen LogP contribution in [-0.4, -0.2) is 62.0 Å². The zero-order chi connectivity index (χ0) is 23.8. The first-order chi connectivity index (χ1) is 15.7. The van der Waals surface area contributed by atoms with Gasteiger partial charge in [0, 0.05) is 42.0 Å². The Morgan fingerprint density at radius 2 is 1.79 bits per heavy atom. The highest BCUT2D eigenvalue weighted by atomic mass is 35.5. The molecule has 1 aliphatic rings. The van der Waals surface area contributed by atoms with Gasteiger partial charge < -0.3 is 15.0 Å². The van der Waals surface area contributed by atoms with E-state index in [1.165, 1.54) is 22.8 Å². The van der Waals surface area contributed by atoms with Gasteiger partial charge in [0.25, 0.3) is 0 Å². The first kappa shape index (κ1) is 23.9. The average Bonchev–Trinajstić information content (AvgIpc) is 3.14. The van der Waals surface area contributed by atoms with Crippen LogP contribution in [0.25, 0.3) is 10.1 Å². The number of halogens is 1. The number of carbonyl (C=O) groups excluding carboxylic acids is 1. The molecule has 2 heterocycles. The summed E-state index contributed by atoms with van der Waals surface area (Å²) >= 11 is 13.1. The van der Waals surface area contributed by atoms with E-state index in [4.69, 9.17) is 28.6 Å². The number of thiocarbonyl (C=S) groups is 1. The molecular weight excluding hydrogens is 502 g/mol. The molecule has 2 aromatic carbocycles. The Bertz CT molecular complexity index is 1310. The van der Waals surface area contributed by atoms with Crippen molar-refractivity contribution in [3.63, 3.8) is 0 Å². The SMILES string of the molecule is COC(=O)c1sc2cc(NC(=S)N3CCN(S(=O)(=O)c4ccc(C)cc4)CC3)ccc2c1Cl. The maximum Gasteiger partial charge on any atom is 0.349 e. The molecule has 1 aliphatic heterocycles. The highest BCUT2D eigenvalue weighted by Gasteiger charge is 2.29. The summed E-state index contributed by atoms with van der Waals surface area (Å²) in [5.74, 6) is -0.468. The van der Waals surface area contributed by atoms with Crippen LogP contribution in [0.3, 0.4) is 0 Å². The molecule has 33 heavy (non-hydrogen) atoms. The number of piperazine rings is 1. The number of nitrogens with one attached hydrogen (secondary N) is 1. The van der Waals surface area contributed by atoms with Gasteiger partial charge in [0.15, 0.2) is 5.11 Å². The first-order valence-electron chi connectivity index (χ1n) is 10.1. The number of nitrogens with zero attached hydrogens (tertiary/aromatic N) is 2. The molecule has 0 saturated carbocycles. The smallest absolute Gasteiger partial charge is 0.349 e. The minimum atomic E-state index is -3.53. The first-order valence-corrected chi connectivity index (χ1v) is 13.2. The van der Waals surface area contributed by atoms with Gasteiger partial charge in [-0.15, -0.1) is 11.3 Å². The largest absolute Gasteiger partial charge is 0.465 e. The fourth-order valence-electron chi connectivity index (χ4n) is 3.56. The summed E-state index contributed by atoms with van der Waals surface area (Å²) in [6.45, 7) is 3.58. The molecule has 1 N–H and O–H groups in total. The van der Waals surface area contributed by atoms with Crippen LogP contribution in [0.5, 0.6) is 0 Å². The van der Waals surface area contributed by atoms with E-state index in [1.54, 1.807) is 24.3 Å². The Morgan fingerprint density at radius 3 is 2.42 bits per heavy atom. The van der Waals surface area contributed by atoms with Crippen molar-refractivity contribution < 1.29 is 17.9 Å². The number of hydrogen-bond acceptors (Lipinski definition) is 6. The summed E-state index contributed by atoms with van der Waals surface area (Å²) in [6, 6.07) is 12.4. The molecule has 0 spiro atoms. The number of benzene rings is 2. The van der Waals surface area contributed by atoms with Gasteiger partial charge in [-0.2, -0.15) is 4.31 Å². The second-order valence-electron chi connectivity index (χ2n) is 7.58. The molecular formula is C22H22ClN3O4S3. The number of aryl methyl sites for hydroxylation is 1. The summed E-state index contributed by atoms with van der Waals surface area (Å²) in [4.78, 5) is 14.5. The van der Waals surface area contributed by atoms with E-state index in [0.29, 0.717) is 46.1 Å². The van der Waals surface area contributed by atoms with Gasteiger partial charge in [0.05, 0.1) is 17.0 Å². The Kier molecular flexibility index (Phi) is 6.92. The third-order valence-electron chi connectivity index (χ3n) is 5.44. The number of fused-ring (bicyclic) bond motifs is 1. The number of esters is 1. The van der Waals surface area contributed by atoms with Gasteiger partial charge in [-0.25, -0.2) is 13.2 Å². The van der Waals surface area contributed by atoms with Crippen molar-refractivity contribution in [1.82, 2.24) is 9.21 Å². The van der Waals surface area contributed by atoms with Crippen molar-refractivity contribution >= 4 is 72.0 Å². The molecule has 1 fully saturated rings. The number of hydrogen-bond donors (Lipinski definition) is 1. The number of ether oxygens (including phenoxy) is 1. The van der Waals surface area contributed by atoms with Gasteiger partial charge in [-0.1, -0.05) is 29.3 Å². The topological polar surface area (TPSA) is 79.0 Å². The maximum atomic E-state index is 12.9. The Hall–Kier alpha value is -2.24. The molecule has 0 amide bonds. The molecule has 174 valence electrons. The lowest BCUT2D eigenvalue weighted by molar-refractivity contribution is 0.0606. The highest BCUT2D eigenvalue weighted by Crippen LogP contribution is 2.37. The third-order valence-corrected chi connectivity index (χ3v) is 9.35. The molecule has 0 bridgehead atoms. The van der Waals surface area contributed by atoms with Crippen molar-refractivity contribution in [2.45, 2.75) is 11.8 Å². The minimum Gasteiger partial charge on any atom is -0.465 e. The monoisotopic (exact) mass is 523 g/mol. The van der Waals surface area contributed by atoms with Crippen LogP contribution in [0, 0.1) is 6.92 Å². The molecule has 7 nitrogen and oxygen atoms in total. The normalized spacial score (nSPS) is 14.9. The van der Waals surface area contributed by atoms with Crippen LogP contribution in [0.1, 0.15) is 15.2 Å². The van der Waals surface area contributed by atoms with Crippen molar-refractivity contribution in [3.8, 4) is 0 Å². The molecule has 11 heteroatoms. The quantitative estimate of drug-likeness (QED) is 0.402. The zero-order valence-corrected chi connectivity index (χ0v) is 21.2. The molecule has 0 aliphatic carbocycles. The van der Waals surface area contributed by atoms with Crippen LogP contribution in [0.4, 0.5) is 5.69 Å². The predicted octanol–water partition coefficient (Wildman–Crippen LogP) is 4.35. The van der Waals surface area contributed by atoms with Gasteiger partial charge in [0.1, 0.15) is 4.88 Å². The minimum absolute atomic E-state index is 0.302. The second kappa shape index (κ2) is 9.55. The molecule has 3 aromatic rings. The maximum absolute atomic E-state index is 12.9. The molecule has 0 unspecified atom stereocenters. The van der Waals surface area contributed by atoms with Crippen molar-refractivity contribution in [1.29, 1.82) is 0 Å². The van der Waals surface area contributed by atoms with Crippen molar-refractivity contribution in [3.05, 3.63) is 57.9 Å². The fraction of sp³-hybridized carbons (Fsp3) is 0.273. The molecule has 4 rings (SSSR count). The van der Waals surface area contributed by atoms with Crippen LogP contribution in [0.2, 0.25) is 5.02 Å². The van der Waals surface area contributed by atoms with E-state index in [2.05, 4.69) is 5.32 Å². The molecule has 0 radical (unpaired) electrons. The van der Waals surface area contributed by atoms with E-state index in [1.807, 2.05) is 30.0 Å². The predicted molar refractivity (Wildman–Crippen MR) is 136 cm³/mol. The number of thiophene rings is 1. The van der Waals surface area contributed by atoms with E-state index < -0.39 is 16.0 Å². The number of anilines is 1. The van der Waals surface area contributed by atoms with Crippen LogP contribution in [-0.2, 0) is 14.8 Å². The summed E-state index contributed by atoms with van der Waals surface area (Å²) in [5, 5.41) is 4.86. The molecule has 1 aromatic heterocycles. The third kappa shape index (κ3) is 4.85. The number of sulfonamides is 1. The molecule has 1 saturated heterocycles. The van der Waals surface area contributed by atoms with E-state index in [0.717, 1.165) is 21.3 Å². The Morgan fingerprint density at radius 1 is 1.12 bits per heavy atom. The summed E-state index contributed by atoms with van der Waals surface area (Å²) in [7, 11) is -2.21. The van der Waals surface area contributed by atoms with Crippen LogP contribution in [0.15, 0.2) is 47.4 Å². The standard InChI is InChI=1S/C22H22ClN3O4S3/c1-14-3-6-16(7-4-14)33(28,29)26-11-9-25(10-12-26)22(31)24-15-5-8-17-18(13-15)32-20(19(17)23)21(27)30-2/h3-8,13H,9-12H2,1-2H3,(H,24,31). The number of carbonyl (C=O) groups is 1. The summed E-state index contributed by atoms with van der Waals surface area (Å²) < 4.78 is 32.9. The Balaban J connectivity index is 1.41. The fourth-order valence-corrected chi connectivity index (χ4v) is 6.75. The van der Waals surface area contributed by atoms with Gasteiger partial charge >= 0.3 is 5.97 Å². The van der Waals surface area contributed by atoms with Crippen molar-refractivity contribution in [2.75, 3.05) is 38.6 Å². The summed E-state index contributed by atoms with van der Waals surface area (Å²) in [5.41, 5.74) is 1.77. The lowest BCUT2D eigenvalue weighted by Gasteiger charge is -2.35. The second-order valence-corrected chi connectivity index (χ2v) is 11.3. The van der Waals surface area contributed by atoms with Crippen LogP contribution >= 0.6 is 35.2 Å². The highest BCUT2D eigenvalue weighted by molar-refractivity contribution is 7.89. The Labute approximate surface area is 206 Å². The summed E-state index contributed by atoms with van der Waals surface area (Å²) in [6.07, 6.45) is 0. The van der Waals surface area contributed by atoms with E-state index in [9.17, 15) is 13.2 Å². The average molecular weight is 524 g/mol. The van der Waals surface area contributed by atoms with Gasteiger partial charge in [-0.05, 0) is 49.5 Å².